The summed E-state index contributed by atoms with van der Waals surface area (Å²) < 4.78 is 14.1. The van der Waals surface area contributed by atoms with E-state index >= 15 is 0 Å². The molecule has 0 radical (unpaired) electrons. The summed E-state index contributed by atoms with van der Waals surface area (Å²) in [5.41, 5.74) is 1.29. The third-order valence-corrected chi connectivity index (χ3v) is 4.29. The van der Waals surface area contributed by atoms with Crippen LogP contribution >= 0.6 is 11.6 Å². The number of aromatic amines is 1. The number of aromatic nitrogens is 4. The van der Waals surface area contributed by atoms with Gasteiger partial charge in [-0.1, -0.05) is 11.6 Å². The Labute approximate surface area is 147 Å². The first kappa shape index (κ1) is 15.8. The van der Waals surface area contributed by atoms with E-state index < -0.39 is 11.9 Å². The lowest BCUT2D eigenvalue weighted by molar-refractivity contribution is -0.123. The van der Waals surface area contributed by atoms with E-state index in [0.29, 0.717) is 35.0 Å². The predicted molar refractivity (Wildman–Crippen MR) is 91.7 cm³/mol. The number of carbonyl (C=O) groups excluding carboxylic acids is 1. The molecule has 4 heterocycles. The van der Waals surface area contributed by atoms with E-state index in [9.17, 15) is 9.18 Å². The quantitative estimate of drug-likeness (QED) is 0.667. The molecule has 0 aliphatic carbocycles. The van der Waals surface area contributed by atoms with Crippen molar-refractivity contribution in [2.45, 2.75) is 18.9 Å². The highest BCUT2D eigenvalue weighted by Crippen LogP contribution is 2.28. The number of piperidine rings is 1. The summed E-state index contributed by atoms with van der Waals surface area (Å²) in [7, 11) is 0. The molecule has 1 aliphatic rings. The molecule has 1 aliphatic heterocycles. The van der Waals surface area contributed by atoms with Crippen molar-refractivity contribution in [1.82, 2.24) is 25.3 Å². The van der Waals surface area contributed by atoms with E-state index in [0.717, 1.165) is 18.0 Å². The van der Waals surface area contributed by atoms with Crippen molar-refractivity contribution in [3.05, 3.63) is 35.5 Å². The van der Waals surface area contributed by atoms with E-state index in [-0.39, 0.29) is 11.7 Å². The SMILES string of the molecule is O=C1NCCC[C@@H]1Nc1nc(-c2c[nH]c3ncc(Cl)cc23)ncc1F. The Morgan fingerprint density at radius 2 is 2.20 bits per heavy atom. The van der Waals surface area contributed by atoms with Crippen molar-refractivity contribution in [1.29, 1.82) is 0 Å². The maximum absolute atomic E-state index is 14.1. The van der Waals surface area contributed by atoms with E-state index in [1.165, 1.54) is 6.20 Å². The largest absolute Gasteiger partial charge is 0.356 e. The first-order valence-corrected chi connectivity index (χ1v) is 8.19. The minimum absolute atomic E-state index is 0.00335. The minimum Gasteiger partial charge on any atom is -0.356 e. The third-order valence-electron chi connectivity index (χ3n) is 4.08. The fourth-order valence-electron chi connectivity index (χ4n) is 2.84. The van der Waals surface area contributed by atoms with E-state index in [1.54, 1.807) is 12.3 Å². The summed E-state index contributed by atoms with van der Waals surface area (Å²) in [5.74, 6) is -0.459. The molecule has 3 aromatic heterocycles. The molecule has 0 spiro atoms. The van der Waals surface area contributed by atoms with Crippen LogP contribution in [-0.2, 0) is 4.79 Å². The lowest BCUT2D eigenvalue weighted by Crippen LogP contribution is -2.44. The number of nitrogens with one attached hydrogen (secondary N) is 3. The summed E-state index contributed by atoms with van der Waals surface area (Å²) >= 11 is 6.00. The van der Waals surface area contributed by atoms with Crippen LogP contribution in [0, 0.1) is 5.82 Å². The number of amides is 1. The van der Waals surface area contributed by atoms with Gasteiger partial charge in [0.1, 0.15) is 11.7 Å². The first-order chi connectivity index (χ1) is 12.1. The number of halogens is 2. The van der Waals surface area contributed by atoms with Crippen molar-refractivity contribution in [2.75, 3.05) is 11.9 Å². The van der Waals surface area contributed by atoms with Crippen molar-refractivity contribution in [3.8, 4) is 11.4 Å². The Morgan fingerprint density at radius 3 is 3.04 bits per heavy atom. The summed E-state index contributed by atoms with van der Waals surface area (Å²) in [6, 6.07) is 1.23. The highest BCUT2D eigenvalue weighted by Gasteiger charge is 2.24. The zero-order valence-electron chi connectivity index (χ0n) is 13.0. The van der Waals surface area contributed by atoms with Crippen molar-refractivity contribution >= 4 is 34.4 Å². The molecule has 1 fully saturated rings. The lowest BCUT2D eigenvalue weighted by atomic mass is 10.1. The summed E-state index contributed by atoms with van der Waals surface area (Å²) in [4.78, 5) is 27.4. The number of H-pyrrole nitrogens is 1. The molecule has 0 saturated carbocycles. The van der Waals surface area contributed by atoms with Gasteiger partial charge in [-0.3, -0.25) is 4.79 Å². The van der Waals surface area contributed by atoms with Crippen LogP contribution in [0.5, 0.6) is 0 Å². The number of rotatable bonds is 3. The number of anilines is 1. The van der Waals surface area contributed by atoms with Gasteiger partial charge in [-0.05, 0) is 18.9 Å². The van der Waals surface area contributed by atoms with Gasteiger partial charge in [0, 0.05) is 29.9 Å². The van der Waals surface area contributed by atoms with Gasteiger partial charge >= 0.3 is 0 Å². The molecule has 4 rings (SSSR count). The molecule has 0 unspecified atom stereocenters. The van der Waals surface area contributed by atoms with Gasteiger partial charge in [-0.15, -0.1) is 0 Å². The van der Waals surface area contributed by atoms with Crippen LogP contribution in [0.25, 0.3) is 22.4 Å². The summed E-state index contributed by atoms with van der Waals surface area (Å²) in [5, 5.41) is 6.84. The fraction of sp³-hybridized carbons (Fsp3) is 0.250. The maximum atomic E-state index is 14.1. The summed E-state index contributed by atoms with van der Waals surface area (Å²) in [6.45, 7) is 0.637. The van der Waals surface area contributed by atoms with Gasteiger partial charge in [0.25, 0.3) is 0 Å². The van der Waals surface area contributed by atoms with Crippen LogP contribution in [-0.4, -0.2) is 38.4 Å². The van der Waals surface area contributed by atoms with Gasteiger partial charge in [0.2, 0.25) is 5.91 Å². The second kappa shape index (κ2) is 6.29. The molecule has 128 valence electrons. The Kier molecular flexibility index (Phi) is 3.96. The molecule has 1 atom stereocenters. The third kappa shape index (κ3) is 3.00. The van der Waals surface area contributed by atoms with Crippen LogP contribution in [0.2, 0.25) is 5.02 Å². The molecule has 1 saturated heterocycles. The number of carbonyl (C=O) groups is 1. The Balaban J connectivity index is 1.71. The number of pyridine rings is 1. The first-order valence-electron chi connectivity index (χ1n) is 7.81. The van der Waals surface area contributed by atoms with Gasteiger partial charge in [-0.25, -0.2) is 19.3 Å². The highest BCUT2D eigenvalue weighted by atomic mass is 35.5. The molecule has 0 aromatic carbocycles. The van der Waals surface area contributed by atoms with Crippen LogP contribution in [0.1, 0.15) is 12.8 Å². The molecule has 1 amide bonds. The Hall–Kier alpha value is -2.74. The molecule has 9 heteroatoms. The number of hydrogen-bond acceptors (Lipinski definition) is 5. The average molecular weight is 361 g/mol. The molecular formula is C16H14ClFN6O. The van der Waals surface area contributed by atoms with E-state index in [1.807, 2.05) is 0 Å². The van der Waals surface area contributed by atoms with Crippen molar-refractivity contribution in [2.24, 2.45) is 0 Å². The van der Waals surface area contributed by atoms with Crippen LogP contribution in [0.15, 0.2) is 24.7 Å². The molecule has 3 N–H and O–H groups in total. The summed E-state index contributed by atoms with van der Waals surface area (Å²) in [6.07, 6.45) is 5.76. The standard InChI is InChI=1S/C16H14ClFN6O/c17-8-4-9-10(6-21-13(9)20-5-8)14-22-7-11(18)15(24-14)23-12-2-1-3-19-16(12)25/h4-7,12H,1-3H2,(H,19,25)(H,20,21)(H,22,23,24)/t12-/m0/s1. The van der Waals surface area contributed by atoms with E-state index in [4.69, 9.17) is 11.6 Å². The average Bonchev–Trinajstić information content (AvgIpc) is 3.02. The van der Waals surface area contributed by atoms with Crippen LogP contribution in [0.4, 0.5) is 10.2 Å². The molecule has 25 heavy (non-hydrogen) atoms. The maximum Gasteiger partial charge on any atom is 0.242 e. The van der Waals surface area contributed by atoms with Crippen molar-refractivity contribution in [3.63, 3.8) is 0 Å². The zero-order valence-corrected chi connectivity index (χ0v) is 13.8. The number of fused-ring (bicyclic) bond motifs is 1. The van der Waals surface area contributed by atoms with Crippen molar-refractivity contribution < 1.29 is 9.18 Å². The molecule has 3 aromatic rings. The normalized spacial score (nSPS) is 17.5. The lowest BCUT2D eigenvalue weighted by Gasteiger charge is -2.23. The second-order valence-electron chi connectivity index (χ2n) is 5.77. The van der Waals surface area contributed by atoms with Gasteiger partial charge in [-0.2, -0.15) is 0 Å². The van der Waals surface area contributed by atoms with Gasteiger partial charge in [0.15, 0.2) is 17.5 Å². The van der Waals surface area contributed by atoms with E-state index in [2.05, 4.69) is 30.6 Å². The Bertz CT molecular complexity index is 959. The Morgan fingerprint density at radius 1 is 1.32 bits per heavy atom. The molecular weight excluding hydrogens is 347 g/mol. The zero-order chi connectivity index (χ0) is 17.4. The predicted octanol–water partition coefficient (Wildman–Crippen LogP) is 2.50. The van der Waals surface area contributed by atoms with Crippen LogP contribution < -0.4 is 10.6 Å². The van der Waals surface area contributed by atoms with Crippen LogP contribution in [0.3, 0.4) is 0 Å². The second-order valence-corrected chi connectivity index (χ2v) is 6.21. The minimum atomic E-state index is -0.613. The number of hydrogen-bond donors (Lipinski definition) is 3. The molecule has 0 bridgehead atoms. The topological polar surface area (TPSA) is 95.6 Å². The monoisotopic (exact) mass is 360 g/mol. The molecule has 7 nitrogen and oxygen atoms in total. The van der Waals surface area contributed by atoms with Gasteiger partial charge in [0.05, 0.1) is 11.2 Å². The van der Waals surface area contributed by atoms with Gasteiger partial charge < -0.3 is 15.6 Å². The number of nitrogens with zero attached hydrogens (tertiary/aromatic N) is 3. The fourth-order valence-corrected chi connectivity index (χ4v) is 2.99. The highest BCUT2D eigenvalue weighted by molar-refractivity contribution is 6.31. The smallest absolute Gasteiger partial charge is 0.242 e.